The third kappa shape index (κ3) is 2.44. The van der Waals surface area contributed by atoms with Crippen LogP contribution in [0.15, 0.2) is 10.0 Å². The topological polar surface area (TPSA) is 61.0 Å². The first-order valence-corrected chi connectivity index (χ1v) is 7.00. The van der Waals surface area contributed by atoms with Gasteiger partial charge < -0.3 is 9.26 Å². The largest absolute Gasteiger partial charge is 0.381 e. The van der Waals surface area contributed by atoms with Gasteiger partial charge in [0.05, 0.1) is 17.8 Å². The van der Waals surface area contributed by atoms with Gasteiger partial charge in [-0.2, -0.15) is 4.98 Å². The highest BCUT2D eigenvalue weighted by molar-refractivity contribution is 7.09. The number of nitrogens with zero attached hydrogens (tertiary/aromatic N) is 3. The van der Waals surface area contributed by atoms with Crippen molar-refractivity contribution in [2.24, 2.45) is 0 Å². The molecule has 5 nitrogen and oxygen atoms in total. The second-order valence-corrected chi connectivity index (χ2v) is 5.41. The summed E-state index contributed by atoms with van der Waals surface area (Å²) in [4.78, 5) is 9.97. The van der Waals surface area contributed by atoms with E-state index in [2.05, 4.69) is 15.1 Å². The van der Waals surface area contributed by atoms with E-state index in [1.54, 1.807) is 11.3 Å². The van der Waals surface area contributed by atoms with Crippen molar-refractivity contribution in [2.75, 3.05) is 13.2 Å². The Morgan fingerprint density at radius 1 is 1.44 bits per heavy atom. The van der Waals surface area contributed by atoms with Crippen LogP contribution in [-0.2, 0) is 17.6 Å². The van der Waals surface area contributed by atoms with Gasteiger partial charge in [0.2, 0.25) is 5.89 Å². The van der Waals surface area contributed by atoms with Gasteiger partial charge in [0.1, 0.15) is 0 Å². The smallest absolute Gasteiger partial charge is 0.227 e. The minimum absolute atomic E-state index is 0.313. The molecule has 0 spiro atoms. The van der Waals surface area contributed by atoms with Gasteiger partial charge in [0, 0.05) is 23.8 Å². The highest BCUT2D eigenvalue weighted by Crippen LogP contribution is 2.23. The maximum absolute atomic E-state index is 5.33. The summed E-state index contributed by atoms with van der Waals surface area (Å²) in [5.74, 6) is 1.82. The summed E-state index contributed by atoms with van der Waals surface area (Å²) >= 11 is 1.68. The number of hydrogen-bond donors (Lipinski definition) is 0. The molecule has 0 unspecified atom stereocenters. The molecular formula is C12H15N3O2S. The summed E-state index contributed by atoms with van der Waals surface area (Å²) in [6.07, 6.45) is 2.69. The third-order valence-corrected chi connectivity index (χ3v) is 4.18. The third-order valence-electron chi connectivity index (χ3n) is 3.19. The maximum Gasteiger partial charge on any atom is 0.227 e. The first-order valence-electron chi connectivity index (χ1n) is 6.12. The summed E-state index contributed by atoms with van der Waals surface area (Å²) in [5.41, 5.74) is 2.98. The molecule has 0 aromatic carbocycles. The van der Waals surface area contributed by atoms with Crippen LogP contribution in [0.3, 0.4) is 0 Å². The van der Waals surface area contributed by atoms with Crippen LogP contribution in [0.2, 0.25) is 0 Å². The van der Waals surface area contributed by atoms with E-state index in [4.69, 9.17) is 9.26 Å². The second kappa shape index (κ2) is 5.16. The van der Waals surface area contributed by atoms with Crippen LogP contribution in [0.25, 0.3) is 0 Å². The molecule has 1 aliphatic rings. The Labute approximate surface area is 109 Å². The molecular weight excluding hydrogens is 250 g/mol. The number of thiazole rings is 1. The summed E-state index contributed by atoms with van der Waals surface area (Å²) in [6, 6.07) is 0. The summed E-state index contributed by atoms with van der Waals surface area (Å²) < 4.78 is 10.6. The molecule has 2 aromatic rings. The van der Waals surface area contributed by atoms with Crippen LogP contribution in [0.1, 0.15) is 34.6 Å². The number of aromatic nitrogens is 3. The zero-order valence-electron chi connectivity index (χ0n) is 10.3. The van der Waals surface area contributed by atoms with Gasteiger partial charge in [-0.25, -0.2) is 4.98 Å². The van der Waals surface area contributed by atoms with Crippen molar-refractivity contribution in [1.82, 2.24) is 15.1 Å². The molecule has 3 heterocycles. The van der Waals surface area contributed by atoms with Crippen molar-refractivity contribution < 1.29 is 9.26 Å². The highest BCUT2D eigenvalue weighted by atomic mass is 32.1. The zero-order valence-corrected chi connectivity index (χ0v) is 11.1. The van der Waals surface area contributed by atoms with E-state index in [9.17, 15) is 0 Å². The van der Waals surface area contributed by atoms with E-state index >= 15 is 0 Å². The number of rotatable bonds is 4. The van der Waals surface area contributed by atoms with Gasteiger partial charge in [0.25, 0.3) is 0 Å². The molecule has 0 radical (unpaired) electrons. The van der Waals surface area contributed by atoms with Crippen LogP contribution >= 0.6 is 11.3 Å². The molecule has 96 valence electrons. The van der Waals surface area contributed by atoms with Crippen LogP contribution in [0.4, 0.5) is 0 Å². The lowest BCUT2D eigenvalue weighted by atomic mass is 10.1. The Morgan fingerprint density at radius 3 is 3.11 bits per heavy atom. The van der Waals surface area contributed by atoms with Crippen LogP contribution < -0.4 is 0 Å². The number of ether oxygens (including phenoxy) is 1. The molecule has 0 bridgehead atoms. The van der Waals surface area contributed by atoms with Gasteiger partial charge in [-0.15, -0.1) is 11.3 Å². The molecule has 0 saturated carbocycles. The van der Waals surface area contributed by atoms with Gasteiger partial charge >= 0.3 is 0 Å². The van der Waals surface area contributed by atoms with E-state index in [-0.39, 0.29) is 0 Å². The lowest BCUT2D eigenvalue weighted by Gasteiger charge is -1.97. The number of aryl methyl sites for hydroxylation is 3. The quantitative estimate of drug-likeness (QED) is 0.847. The summed E-state index contributed by atoms with van der Waals surface area (Å²) in [7, 11) is 0. The standard InChI is InChI=1S/C12H15N3O2S/c1-8-10(18-7-13-8)2-3-11-14-12(15-17-11)9-4-5-16-6-9/h7,9H,2-6H2,1H3/t9-/m1/s1. The van der Waals surface area contributed by atoms with E-state index in [0.29, 0.717) is 18.4 Å². The predicted octanol–water partition coefficient (Wildman–Crippen LogP) is 2.12. The van der Waals surface area contributed by atoms with E-state index in [1.165, 1.54) is 4.88 Å². The van der Waals surface area contributed by atoms with Crippen LogP contribution in [-0.4, -0.2) is 28.3 Å². The molecule has 1 atom stereocenters. The van der Waals surface area contributed by atoms with Crippen molar-refractivity contribution in [3.63, 3.8) is 0 Å². The molecule has 1 fully saturated rings. The molecule has 3 rings (SSSR count). The van der Waals surface area contributed by atoms with Crippen molar-refractivity contribution in [3.05, 3.63) is 27.8 Å². The average molecular weight is 265 g/mol. The molecule has 18 heavy (non-hydrogen) atoms. The molecule has 2 aromatic heterocycles. The first kappa shape index (κ1) is 11.8. The van der Waals surface area contributed by atoms with Crippen molar-refractivity contribution >= 4 is 11.3 Å². The Bertz CT molecular complexity index is 517. The molecule has 0 aliphatic carbocycles. The number of hydrogen-bond acceptors (Lipinski definition) is 6. The van der Waals surface area contributed by atoms with Crippen LogP contribution in [0, 0.1) is 6.92 Å². The Kier molecular flexibility index (Phi) is 3.38. The lowest BCUT2D eigenvalue weighted by Crippen LogP contribution is -2.00. The van der Waals surface area contributed by atoms with Crippen molar-refractivity contribution in [3.8, 4) is 0 Å². The lowest BCUT2D eigenvalue weighted by molar-refractivity contribution is 0.192. The summed E-state index contributed by atoms with van der Waals surface area (Å²) in [6.45, 7) is 3.54. The summed E-state index contributed by atoms with van der Waals surface area (Å²) in [5, 5.41) is 4.04. The van der Waals surface area contributed by atoms with Gasteiger partial charge in [-0.3, -0.25) is 0 Å². The molecule has 0 amide bonds. The van der Waals surface area contributed by atoms with Gasteiger partial charge in [0.15, 0.2) is 5.82 Å². The van der Waals surface area contributed by atoms with Crippen LogP contribution in [0.5, 0.6) is 0 Å². The zero-order chi connectivity index (χ0) is 12.4. The monoisotopic (exact) mass is 265 g/mol. The Hall–Kier alpha value is -1.27. The van der Waals surface area contributed by atoms with Gasteiger partial charge in [-0.1, -0.05) is 5.16 Å². The fraction of sp³-hybridized carbons (Fsp3) is 0.583. The molecule has 1 aliphatic heterocycles. The Balaban J connectivity index is 1.61. The minimum Gasteiger partial charge on any atom is -0.381 e. The normalized spacial score (nSPS) is 19.5. The van der Waals surface area contributed by atoms with E-state index in [0.717, 1.165) is 37.4 Å². The van der Waals surface area contributed by atoms with E-state index in [1.807, 2.05) is 12.4 Å². The fourth-order valence-corrected chi connectivity index (χ4v) is 2.84. The minimum atomic E-state index is 0.313. The highest BCUT2D eigenvalue weighted by Gasteiger charge is 2.23. The average Bonchev–Trinajstić information content (AvgIpc) is 3.08. The second-order valence-electron chi connectivity index (χ2n) is 4.47. The molecule has 0 N–H and O–H groups in total. The fourth-order valence-electron chi connectivity index (χ4n) is 2.06. The van der Waals surface area contributed by atoms with Gasteiger partial charge in [-0.05, 0) is 19.8 Å². The Morgan fingerprint density at radius 2 is 2.39 bits per heavy atom. The molecule has 1 saturated heterocycles. The van der Waals surface area contributed by atoms with E-state index < -0.39 is 0 Å². The van der Waals surface area contributed by atoms with Crippen molar-refractivity contribution in [2.45, 2.75) is 32.1 Å². The van der Waals surface area contributed by atoms with Crippen molar-refractivity contribution in [1.29, 1.82) is 0 Å². The molecule has 6 heteroatoms. The first-order chi connectivity index (χ1) is 8.83. The predicted molar refractivity (Wildman–Crippen MR) is 66.7 cm³/mol. The maximum atomic E-state index is 5.33. The SMILES string of the molecule is Cc1ncsc1CCc1nc([C@@H]2CCOC2)no1.